The van der Waals surface area contributed by atoms with Crippen molar-refractivity contribution in [1.29, 1.82) is 0 Å². The first-order chi connectivity index (χ1) is 14.4. The number of hydrogen-bond donors (Lipinski definition) is 1. The Bertz CT molecular complexity index is 907. The number of aliphatic hydroxyl groups is 1. The lowest BCUT2D eigenvalue weighted by molar-refractivity contribution is -0.0231. The average Bonchev–Trinajstić information content (AvgIpc) is 3.12. The van der Waals surface area contributed by atoms with Gasteiger partial charge in [-0.05, 0) is 67.1 Å². The number of likely N-dealkylation sites (tertiary alicyclic amines) is 1. The second-order valence-corrected chi connectivity index (χ2v) is 8.60. The molecular weight excluding hydrogens is 409 g/mol. The molecule has 1 aliphatic carbocycles. The normalized spacial score (nSPS) is 26.3. The molecule has 1 saturated carbocycles. The van der Waals surface area contributed by atoms with Gasteiger partial charge in [0.15, 0.2) is 0 Å². The van der Waals surface area contributed by atoms with Gasteiger partial charge in [-0.15, -0.1) is 0 Å². The number of carbonyl (C=O) groups excluding carboxylic acids is 1. The number of benzene rings is 2. The van der Waals surface area contributed by atoms with Gasteiger partial charge < -0.3 is 14.6 Å². The minimum atomic E-state index is -0.561. The summed E-state index contributed by atoms with van der Waals surface area (Å²) in [5.41, 5.74) is 1.05. The molecule has 2 aliphatic rings. The Morgan fingerprint density at radius 1 is 1.17 bits per heavy atom. The zero-order chi connectivity index (χ0) is 21.3. The predicted molar refractivity (Wildman–Crippen MR) is 111 cm³/mol. The van der Waals surface area contributed by atoms with Crippen LogP contribution in [0, 0.1) is 17.7 Å². The van der Waals surface area contributed by atoms with Gasteiger partial charge in [0.25, 0.3) is 0 Å². The molecule has 1 aliphatic heterocycles. The maximum atomic E-state index is 14.1. The van der Waals surface area contributed by atoms with Crippen molar-refractivity contribution in [1.82, 2.24) is 4.90 Å². The molecule has 0 radical (unpaired) electrons. The summed E-state index contributed by atoms with van der Waals surface area (Å²) in [6.45, 7) is 2.18. The van der Waals surface area contributed by atoms with Gasteiger partial charge in [0.2, 0.25) is 0 Å². The van der Waals surface area contributed by atoms with Crippen molar-refractivity contribution < 1.29 is 23.8 Å². The average molecular weight is 434 g/mol. The van der Waals surface area contributed by atoms with Crippen LogP contribution in [0.4, 0.5) is 4.39 Å². The maximum Gasteiger partial charge on any atom is 0.337 e. The quantitative estimate of drug-likeness (QED) is 0.724. The number of esters is 1. The molecule has 0 bridgehead atoms. The van der Waals surface area contributed by atoms with Crippen LogP contribution >= 0.6 is 11.6 Å². The summed E-state index contributed by atoms with van der Waals surface area (Å²) < 4.78 is 24.8. The Kier molecular flexibility index (Phi) is 6.27. The number of hydrogen-bond acceptors (Lipinski definition) is 5. The SMILES string of the molecule is COC(=O)c1ccc(O[C@@H]2C[C@@H]3CN(Cc4cc(Cl)ccc4F)C[C@@H]3C[C@H]2O)cc1. The highest BCUT2D eigenvalue weighted by atomic mass is 35.5. The van der Waals surface area contributed by atoms with Gasteiger partial charge in [-0.25, -0.2) is 9.18 Å². The van der Waals surface area contributed by atoms with Crippen molar-refractivity contribution in [3.8, 4) is 5.75 Å². The number of aliphatic hydroxyl groups excluding tert-OH is 1. The highest BCUT2D eigenvalue weighted by molar-refractivity contribution is 6.30. The summed E-state index contributed by atoms with van der Waals surface area (Å²) in [6.07, 6.45) is 0.524. The molecule has 4 atom stereocenters. The van der Waals surface area contributed by atoms with E-state index in [2.05, 4.69) is 4.90 Å². The lowest BCUT2D eigenvalue weighted by Crippen LogP contribution is -2.42. The lowest BCUT2D eigenvalue weighted by atomic mass is 9.78. The van der Waals surface area contributed by atoms with E-state index >= 15 is 0 Å². The molecule has 1 N–H and O–H groups in total. The molecule has 0 aromatic heterocycles. The number of halogens is 2. The van der Waals surface area contributed by atoms with Gasteiger partial charge >= 0.3 is 5.97 Å². The second-order valence-electron chi connectivity index (χ2n) is 8.16. The first-order valence-corrected chi connectivity index (χ1v) is 10.5. The highest BCUT2D eigenvalue weighted by Crippen LogP contribution is 2.38. The van der Waals surface area contributed by atoms with E-state index in [0.717, 1.165) is 19.5 Å². The molecule has 0 unspecified atom stereocenters. The van der Waals surface area contributed by atoms with Crippen molar-refractivity contribution in [3.05, 3.63) is 64.4 Å². The fourth-order valence-electron chi connectivity index (χ4n) is 4.61. The fraction of sp³-hybridized carbons (Fsp3) is 0.435. The van der Waals surface area contributed by atoms with Crippen molar-refractivity contribution in [3.63, 3.8) is 0 Å². The monoisotopic (exact) mass is 433 g/mol. The second kappa shape index (κ2) is 8.92. The summed E-state index contributed by atoms with van der Waals surface area (Å²) in [5.74, 6) is 0.718. The molecule has 30 heavy (non-hydrogen) atoms. The predicted octanol–water partition coefficient (Wildman–Crippen LogP) is 3.92. The Balaban J connectivity index is 1.37. The van der Waals surface area contributed by atoms with E-state index in [1.807, 2.05) is 0 Å². The van der Waals surface area contributed by atoms with E-state index < -0.39 is 12.1 Å². The fourth-order valence-corrected chi connectivity index (χ4v) is 4.81. The summed E-state index contributed by atoms with van der Waals surface area (Å²) in [7, 11) is 1.34. The van der Waals surface area contributed by atoms with E-state index in [9.17, 15) is 14.3 Å². The molecular formula is C23H25ClFNO4. The first-order valence-electron chi connectivity index (χ1n) is 10.1. The minimum Gasteiger partial charge on any atom is -0.488 e. The van der Waals surface area contributed by atoms with E-state index in [0.29, 0.717) is 46.7 Å². The summed E-state index contributed by atoms with van der Waals surface area (Å²) >= 11 is 6.01. The number of methoxy groups -OCH3 is 1. The van der Waals surface area contributed by atoms with Crippen molar-refractivity contribution in [2.24, 2.45) is 11.8 Å². The molecule has 2 aromatic rings. The Morgan fingerprint density at radius 2 is 1.87 bits per heavy atom. The Morgan fingerprint density at radius 3 is 2.57 bits per heavy atom. The van der Waals surface area contributed by atoms with Gasteiger partial charge in [-0.1, -0.05) is 11.6 Å². The van der Waals surface area contributed by atoms with Crippen molar-refractivity contribution >= 4 is 17.6 Å². The molecule has 5 nitrogen and oxygen atoms in total. The molecule has 2 aromatic carbocycles. The number of nitrogens with zero attached hydrogens (tertiary/aromatic N) is 1. The third-order valence-electron chi connectivity index (χ3n) is 6.13. The first kappa shape index (κ1) is 21.1. The van der Waals surface area contributed by atoms with Gasteiger partial charge in [0.05, 0.1) is 18.8 Å². The van der Waals surface area contributed by atoms with Crippen LogP contribution in [0.2, 0.25) is 5.02 Å². The topological polar surface area (TPSA) is 59.0 Å². The maximum absolute atomic E-state index is 14.1. The number of rotatable bonds is 5. The summed E-state index contributed by atoms with van der Waals surface area (Å²) in [5, 5.41) is 11.2. The Hall–Kier alpha value is -2.15. The van der Waals surface area contributed by atoms with Gasteiger partial charge in [-0.3, -0.25) is 4.90 Å². The van der Waals surface area contributed by atoms with Crippen LogP contribution in [-0.2, 0) is 11.3 Å². The van der Waals surface area contributed by atoms with E-state index in [1.165, 1.54) is 13.2 Å². The largest absolute Gasteiger partial charge is 0.488 e. The van der Waals surface area contributed by atoms with E-state index in [4.69, 9.17) is 21.1 Å². The van der Waals surface area contributed by atoms with Crippen molar-refractivity contribution in [2.45, 2.75) is 31.6 Å². The molecule has 0 spiro atoms. The molecule has 4 rings (SSSR count). The third-order valence-corrected chi connectivity index (χ3v) is 6.36. The van der Waals surface area contributed by atoms with Gasteiger partial charge in [-0.2, -0.15) is 0 Å². The van der Waals surface area contributed by atoms with E-state index in [1.54, 1.807) is 36.4 Å². The van der Waals surface area contributed by atoms with Crippen LogP contribution in [0.3, 0.4) is 0 Å². The van der Waals surface area contributed by atoms with Crippen LogP contribution in [0.1, 0.15) is 28.8 Å². The third kappa shape index (κ3) is 4.61. The van der Waals surface area contributed by atoms with Crippen LogP contribution in [0.25, 0.3) is 0 Å². The lowest BCUT2D eigenvalue weighted by Gasteiger charge is -2.35. The molecule has 2 fully saturated rings. The van der Waals surface area contributed by atoms with Crippen LogP contribution in [-0.4, -0.2) is 48.4 Å². The molecule has 160 valence electrons. The van der Waals surface area contributed by atoms with Crippen LogP contribution < -0.4 is 4.74 Å². The number of carbonyl (C=O) groups is 1. The van der Waals surface area contributed by atoms with Crippen LogP contribution in [0.15, 0.2) is 42.5 Å². The van der Waals surface area contributed by atoms with E-state index in [-0.39, 0.29) is 11.9 Å². The molecule has 0 amide bonds. The Labute approximate surface area is 180 Å². The van der Waals surface area contributed by atoms with Crippen LogP contribution in [0.5, 0.6) is 5.75 Å². The van der Waals surface area contributed by atoms with Gasteiger partial charge in [0.1, 0.15) is 17.7 Å². The summed E-state index contributed by atoms with van der Waals surface area (Å²) in [4.78, 5) is 13.8. The molecule has 7 heteroatoms. The molecule has 1 heterocycles. The van der Waals surface area contributed by atoms with Crippen molar-refractivity contribution in [2.75, 3.05) is 20.2 Å². The number of fused-ring (bicyclic) bond motifs is 1. The van der Waals surface area contributed by atoms with Gasteiger partial charge in [0, 0.05) is 30.2 Å². The summed E-state index contributed by atoms with van der Waals surface area (Å²) in [6, 6.07) is 11.4. The standard InChI is InChI=1S/C23H25ClFNO4/c1-29-23(28)14-2-5-19(6-3-14)30-22-10-16-12-26(11-15(16)9-21(22)27)13-17-8-18(24)4-7-20(17)25/h2-8,15-16,21-22,27H,9-13H2,1H3/t15-,16+,21+,22+/m0/s1. The molecule has 1 saturated heterocycles. The zero-order valence-corrected chi connectivity index (χ0v) is 17.5. The smallest absolute Gasteiger partial charge is 0.337 e. The minimum absolute atomic E-state index is 0.245. The zero-order valence-electron chi connectivity index (χ0n) is 16.8. The number of ether oxygens (including phenoxy) is 2. The highest BCUT2D eigenvalue weighted by Gasteiger charge is 2.42.